The lowest BCUT2D eigenvalue weighted by molar-refractivity contribution is 0.0529. The van der Waals surface area contributed by atoms with Crippen LogP contribution in [0.25, 0.3) is 0 Å². The first-order valence-corrected chi connectivity index (χ1v) is 11.0. The number of hydrogen-bond donors (Lipinski definition) is 0. The first kappa shape index (κ1) is 21.1. The molecule has 0 aromatic heterocycles. The van der Waals surface area contributed by atoms with E-state index in [1.165, 1.54) is 56.2 Å². The Balaban J connectivity index is 1.88. The smallest absolute Gasteiger partial charge is 0.0455 e. The average molecular weight is 379 g/mol. The standard InChI is InChI=1S/C26H38N2/c1-5-6-21-28(4)22-25(23-13-9-7-10-14-23)17-19-26(20-18-25,27(2)3)24-15-11-8-12-16-24/h7-16H,5-6,17-22H2,1-4H3. The quantitative estimate of drug-likeness (QED) is 0.582. The van der Waals surface area contributed by atoms with Crippen LogP contribution in [0.4, 0.5) is 0 Å². The molecule has 1 aliphatic rings. The number of hydrogen-bond acceptors (Lipinski definition) is 2. The van der Waals surface area contributed by atoms with Crippen LogP contribution in [0.2, 0.25) is 0 Å². The molecule has 0 N–H and O–H groups in total. The van der Waals surface area contributed by atoms with Gasteiger partial charge in [-0.3, -0.25) is 4.90 Å². The molecular weight excluding hydrogens is 340 g/mol. The van der Waals surface area contributed by atoms with E-state index in [2.05, 4.69) is 98.5 Å². The van der Waals surface area contributed by atoms with Gasteiger partial charge < -0.3 is 4.90 Å². The number of benzene rings is 2. The van der Waals surface area contributed by atoms with Gasteiger partial charge in [-0.1, -0.05) is 74.0 Å². The van der Waals surface area contributed by atoms with Gasteiger partial charge in [-0.05, 0) is 70.9 Å². The fourth-order valence-electron chi connectivity index (χ4n) is 5.24. The molecule has 0 heterocycles. The van der Waals surface area contributed by atoms with Crippen LogP contribution in [0.3, 0.4) is 0 Å². The summed E-state index contributed by atoms with van der Waals surface area (Å²) in [4.78, 5) is 5.04. The lowest BCUT2D eigenvalue weighted by Crippen LogP contribution is -2.51. The Morgan fingerprint density at radius 2 is 1.29 bits per heavy atom. The minimum Gasteiger partial charge on any atom is -0.305 e. The van der Waals surface area contributed by atoms with Crippen molar-refractivity contribution in [2.24, 2.45) is 0 Å². The summed E-state index contributed by atoms with van der Waals surface area (Å²) >= 11 is 0. The zero-order chi connectivity index (χ0) is 20.0. The largest absolute Gasteiger partial charge is 0.305 e. The molecule has 2 aromatic carbocycles. The molecule has 0 bridgehead atoms. The van der Waals surface area contributed by atoms with Crippen LogP contribution in [0, 0.1) is 0 Å². The molecule has 0 saturated heterocycles. The van der Waals surface area contributed by atoms with E-state index in [0.717, 1.165) is 6.54 Å². The second-order valence-corrected chi connectivity index (χ2v) is 9.03. The Kier molecular flexibility index (Phi) is 6.95. The molecule has 2 heteroatoms. The molecule has 1 aliphatic carbocycles. The Hall–Kier alpha value is -1.64. The van der Waals surface area contributed by atoms with Crippen molar-refractivity contribution in [3.63, 3.8) is 0 Å². The summed E-state index contributed by atoms with van der Waals surface area (Å²) in [5.74, 6) is 0. The molecule has 0 aliphatic heterocycles. The van der Waals surface area contributed by atoms with Crippen LogP contribution in [-0.4, -0.2) is 44.0 Å². The van der Waals surface area contributed by atoms with Gasteiger partial charge in [0.05, 0.1) is 0 Å². The van der Waals surface area contributed by atoms with E-state index in [1.807, 2.05) is 0 Å². The van der Waals surface area contributed by atoms with Gasteiger partial charge >= 0.3 is 0 Å². The van der Waals surface area contributed by atoms with Crippen molar-refractivity contribution in [1.29, 1.82) is 0 Å². The first-order chi connectivity index (χ1) is 13.5. The van der Waals surface area contributed by atoms with E-state index in [0.29, 0.717) is 0 Å². The molecule has 0 amide bonds. The normalized spacial score (nSPS) is 25.4. The summed E-state index contributed by atoms with van der Waals surface area (Å²) in [5.41, 5.74) is 3.42. The van der Waals surface area contributed by atoms with Crippen molar-refractivity contribution < 1.29 is 0 Å². The third-order valence-corrected chi connectivity index (χ3v) is 7.05. The fourth-order valence-corrected chi connectivity index (χ4v) is 5.24. The summed E-state index contributed by atoms with van der Waals surface area (Å²) in [6, 6.07) is 22.5. The van der Waals surface area contributed by atoms with Gasteiger partial charge in [0.1, 0.15) is 0 Å². The molecule has 0 spiro atoms. The van der Waals surface area contributed by atoms with E-state index in [-0.39, 0.29) is 11.0 Å². The molecule has 1 saturated carbocycles. The van der Waals surface area contributed by atoms with Gasteiger partial charge in [-0.25, -0.2) is 0 Å². The molecule has 0 radical (unpaired) electrons. The molecule has 2 nitrogen and oxygen atoms in total. The number of unbranched alkanes of at least 4 members (excludes halogenated alkanes) is 1. The highest BCUT2D eigenvalue weighted by Gasteiger charge is 2.46. The van der Waals surface area contributed by atoms with Crippen molar-refractivity contribution in [3.8, 4) is 0 Å². The molecule has 0 unspecified atom stereocenters. The van der Waals surface area contributed by atoms with E-state index in [1.54, 1.807) is 0 Å². The van der Waals surface area contributed by atoms with Crippen molar-refractivity contribution >= 4 is 0 Å². The van der Waals surface area contributed by atoms with Gasteiger partial charge in [0.2, 0.25) is 0 Å². The molecule has 2 aromatic rings. The molecular formula is C26H38N2. The van der Waals surface area contributed by atoms with Crippen LogP contribution in [0.15, 0.2) is 60.7 Å². The van der Waals surface area contributed by atoms with Gasteiger partial charge in [-0.15, -0.1) is 0 Å². The number of rotatable bonds is 8. The van der Waals surface area contributed by atoms with Crippen LogP contribution >= 0.6 is 0 Å². The summed E-state index contributed by atoms with van der Waals surface area (Å²) in [6.07, 6.45) is 7.44. The Labute approximate surface area is 172 Å². The third-order valence-electron chi connectivity index (χ3n) is 7.05. The van der Waals surface area contributed by atoms with Crippen LogP contribution in [0.5, 0.6) is 0 Å². The lowest BCUT2D eigenvalue weighted by atomic mass is 9.62. The maximum Gasteiger partial charge on any atom is 0.0455 e. The number of likely N-dealkylation sites (N-methyl/N-ethyl adjacent to an activating group) is 1. The van der Waals surface area contributed by atoms with E-state index >= 15 is 0 Å². The van der Waals surface area contributed by atoms with Crippen molar-refractivity contribution in [1.82, 2.24) is 9.80 Å². The molecule has 152 valence electrons. The predicted molar refractivity (Wildman–Crippen MR) is 121 cm³/mol. The van der Waals surface area contributed by atoms with Gasteiger partial charge in [0.25, 0.3) is 0 Å². The number of nitrogens with zero attached hydrogens (tertiary/aromatic N) is 2. The fraction of sp³-hybridized carbons (Fsp3) is 0.538. The molecule has 3 rings (SSSR count). The maximum atomic E-state index is 2.57. The van der Waals surface area contributed by atoms with Gasteiger partial charge in [0.15, 0.2) is 0 Å². The highest BCUT2D eigenvalue weighted by molar-refractivity contribution is 5.31. The second-order valence-electron chi connectivity index (χ2n) is 9.03. The monoisotopic (exact) mass is 378 g/mol. The van der Waals surface area contributed by atoms with Crippen LogP contribution < -0.4 is 0 Å². The second kappa shape index (κ2) is 9.24. The van der Waals surface area contributed by atoms with Gasteiger partial charge in [0, 0.05) is 17.5 Å². The lowest BCUT2D eigenvalue weighted by Gasteiger charge is -2.51. The topological polar surface area (TPSA) is 6.48 Å². The highest BCUT2D eigenvalue weighted by atomic mass is 15.2. The van der Waals surface area contributed by atoms with E-state index in [9.17, 15) is 0 Å². The van der Waals surface area contributed by atoms with E-state index < -0.39 is 0 Å². The van der Waals surface area contributed by atoms with Crippen LogP contribution in [-0.2, 0) is 11.0 Å². The highest BCUT2D eigenvalue weighted by Crippen LogP contribution is 2.49. The average Bonchev–Trinajstić information content (AvgIpc) is 2.74. The minimum absolute atomic E-state index is 0.154. The van der Waals surface area contributed by atoms with Crippen LogP contribution in [0.1, 0.15) is 56.6 Å². The summed E-state index contributed by atoms with van der Waals surface area (Å²) in [7, 11) is 6.83. The Morgan fingerprint density at radius 3 is 1.79 bits per heavy atom. The Morgan fingerprint density at radius 1 is 0.750 bits per heavy atom. The molecule has 1 fully saturated rings. The summed E-state index contributed by atoms with van der Waals surface area (Å²) < 4.78 is 0. The third kappa shape index (κ3) is 4.34. The zero-order valence-corrected chi connectivity index (χ0v) is 18.3. The minimum atomic E-state index is 0.154. The SMILES string of the molecule is CCCCN(C)CC1(c2ccccc2)CCC(c2ccccc2)(N(C)C)CC1. The summed E-state index contributed by atoms with van der Waals surface area (Å²) in [6.45, 7) is 4.64. The first-order valence-electron chi connectivity index (χ1n) is 11.0. The van der Waals surface area contributed by atoms with Crippen molar-refractivity contribution in [3.05, 3.63) is 71.8 Å². The van der Waals surface area contributed by atoms with E-state index in [4.69, 9.17) is 0 Å². The van der Waals surface area contributed by atoms with Gasteiger partial charge in [-0.2, -0.15) is 0 Å². The maximum absolute atomic E-state index is 2.57. The Bertz CT molecular complexity index is 700. The van der Waals surface area contributed by atoms with Crippen molar-refractivity contribution in [2.45, 2.75) is 56.4 Å². The zero-order valence-electron chi connectivity index (χ0n) is 18.3. The molecule has 0 atom stereocenters. The predicted octanol–water partition coefficient (Wildman–Crippen LogP) is 5.69. The van der Waals surface area contributed by atoms with Crippen molar-refractivity contribution in [2.75, 3.05) is 34.2 Å². The summed E-state index contributed by atoms with van der Waals surface area (Å²) in [5, 5.41) is 0. The molecule has 28 heavy (non-hydrogen) atoms.